The minimum absolute atomic E-state index is 0.0524. The third kappa shape index (κ3) is 4.36. The first kappa shape index (κ1) is 18.9. The van der Waals surface area contributed by atoms with E-state index in [4.69, 9.17) is 4.74 Å². The molecule has 1 aliphatic rings. The molecule has 0 bridgehead atoms. The van der Waals surface area contributed by atoms with Crippen LogP contribution in [0.3, 0.4) is 0 Å². The van der Waals surface area contributed by atoms with Crippen molar-refractivity contribution in [2.45, 2.75) is 65.7 Å². The number of morpholine rings is 1. The van der Waals surface area contributed by atoms with Gasteiger partial charge in [-0.05, 0) is 41.5 Å². The minimum atomic E-state index is -0.0962. The van der Waals surface area contributed by atoms with Gasteiger partial charge in [-0.15, -0.1) is 0 Å². The average Bonchev–Trinajstić information content (AvgIpc) is 2.71. The van der Waals surface area contributed by atoms with Crippen LogP contribution in [0.5, 0.6) is 0 Å². The Morgan fingerprint density at radius 3 is 2.38 bits per heavy atom. The van der Waals surface area contributed by atoms with Gasteiger partial charge in [0.2, 0.25) is 5.91 Å². The maximum Gasteiger partial charge on any atom is 0.224 e. The van der Waals surface area contributed by atoms with Crippen LogP contribution >= 0.6 is 0 Å². The van der Waals surface area contributed by atoms with Gasteiger partial charge in [0, 0.05) is 43.5 Å². The van der Waals surface area contributed by atoms with Gasteiger partial charge in [0.25, 0.3) is 0 Å². The van der Waals surface area contributed by atoms with Gasteiger partial charge in [-0.2, -0.15) is 5.10 Å². The number of aryl methyl sites for hydroxylation is 2. The zero-order valence-electron chi connectivity index (χ0n) is 16.1. The predicted molar refractivity (Wildman–Crippen MR) is 95.1 cm³/mol. The van der Waals surface area contributed by atoms with Crippen LogP contribution in [0.2, 0.25) is 0 Å². The lowest BCUT2D eigenvalue weighted by Gasteiger charge is -2.45. The molecular formula is C18H32N4O2. The van der Waals surface area contributed by atoms with Crippen LogP contribution in [0.25, 0.3) is 0 Å². The van der Waals surface area contributed by atoms with E-state index in [9.17, 15) is 4.79 Å². The first-order chi connectivity index (χ1) is 11.1. The molecule has 1 amide bonds. The third-order valence-electron chi connectivity index (χ3n) is 4.99. The third-order valence-corrected chi connectivity index (χ3v) is 4.99. The van der Waals surface area contributed by atoms with Gasteiger partial charge in [-0.3, -0.25) is 14.4 Å². The van der Waals surface area contributed by atoms with E-state index in [1.165, 1.54) is 0 Å². The van der Waals surface area contributed by atoms with Gasteiger partial charge in [0.1, 0.15) is 0 Å². The summed E-state index contributed by atoms with van der Waals surface area (Å²) in [5.74, 6) is 0.0524. The van der Waals surface area contributed by atoms with Gasteiger partial charge >= 0.3 is 0 Å². The molecule has 136 valence electrons. The van der Waals surface area contributed by atoms with Crippen LogP contribution in [0.4, 0.5) is 0 Å². The van der Waals surface area contributed by atoms with Gasteiger partial charge < -0.3 is 10.1 Å². The summed E-state index contributed by atoms with van der Waals surface area (Å²) in [6.45, 7) is 14.9. The Bertz CT molecular complexity index is 584. The monoisotopic (exact) mass is 336 g/mol. The number of carbonyl (C=O) groups is 1. The molecule has 0 aliphatic carbocycles. The standard InChI is InChI=1S/C18H32N4O2/c1-12-9-22(10-13(2)24-12)18(5,6)11-19-17(23)8-16-14(3)20-21(7)15(16)4/h12-13H,8-11H2,1-7H3,(H,19,23)/t12-,13+. The molecule has 0 aromatic carbocycles. The normalized spacial score (nSPS) is 22.6. The number of ether oxygens (including phenoxy) is 1. The lowest BCUT2D eigenvalue weighted by atomic mass is 9.99. The lowest BCUT2D eigenvalue weighted by Crippen LogP contribution is -2.58. The van der Waals surface area contributed by atoms with E-state index in [0.717, 1.165) is 30.0 Å². The van der Waals surface area contributed by atoms with Crippen LogP contribution in [0.15, 0.2) is 0 Å². The van der Waals surface area contributed by atoms with Crippen LogP contribution in [-0.4, -0.2) is 58.0 Å². The fraction of sp³-hybridized carbons (Fsp3) is 0.778. The summed E-state index contributed by atoms with van der Waals surface area (Å²) in [5.41, 5.74) is 2.92. The number of aromatic nitrogens is 2. The van der Waals surface area contributed by atoms with E-state index < -0.39 is 0 Å². The van der Waals surface area contributed by atoms with Gasteiger partial charge in [0.05, 0.1) is 24.3 Å². The topological polar surface area (TPSA) is 59.4 Å². The molecule has 6 heteroatoms. The molecule has 1 fully saturated rings. The largest absolute Gasteiger partial charge is 0.373 e. The Hall–Kier alpha value is -1.40. The average molecular weight is 336 g/mol. The molecule has 24 heavy (non-hydrogen) atoms. The highest BCUT2D eigenvalue weighted by molar-refractivity contribution is 5.79. The van der Waals surface area contributed by atoms with Gasteiger partial charge in [-0.1, -0.05) is 0 Å². The number of amides is 1. The number of nitrogens with zero attached hydrogens (tertiary/aromatic N) is 3. The lowest BCUT2D eigenvalue weighted by molar-refractivity contribution is -0.122. The highest BCUT2D eigenvalue weighted by Gasteiger charge is 2.33. The van der Waals surface area contributed by atoms with E-state index in [1.54, 1.807) is 0 Å². The van der Waals surface area contributed by atoms with Crippen molar-refractivity contribution >= 4 is 5.91 Å². The second-order valence-electron chi connectivity index (χ2n) is 7.70. The maximum absolute atomic E-state index is 12.4. The second kappa shape index (κ2) is 7.23. The van der Waals surface area contributed by atoms with Crippen LogP contribution in [-0.2, 0) is 23.0 Å². The molecule has 0 unspecified atom stereocenters. The zero-order valence-corrected chi connectivity index (χ0v) is 16.1. The highest BCUT2D eigenvalue weighted by atomic mass is 16.5. The minimum Gasteiger partial charge on any atom is -0.373 e. The van der Waals surface area contributed by atoms with E-state index in [0.29, 0.717) is 13.0 Å². The molecule has 1 aliphatic heterocycles. The zero-order chi connectivity index (χ0) is 18.1. The molecule has 2 atom stereocenters. The van der Waals surface area contributed by atoms with Crippen molar-refractivity contribution in [2.75, 3.05) is 19.6 Å². The van der Waals surface area contributed by atoms with E-state index in [1.807, 2.05) is 25.6 Å². The molecule has 1 saturated heterocycles. The smallest absolute Gasteiger partial charge is 0.224 e. The second-order valence-corrected chi connectivity index (χ2v) is 7.70. The van der Waals surface area contributed by atoms with Crippen molar-refractivity contribution in [1.82, 2.24) is 20.0 Å². The van der Waals surface area contributed by atoms with Crippen molar-refractivity contribution in [3.63, 3.8) is 0 Å². The summed E-state index contributed by atoms with van der Waals surface area (Å²) < 4.78 is 7.64. The quantitative estimate of drug-likeness (QED) is 0.887. The summed E-state index contributed by atoms with van der Waals surface area (Å²) in [5, 5.41) is 7.48. The SMILES string of the molecule is Cc1nn(C)c(C)c1CC(=O)NCC(C)(C)N1C[C@@H](C)O[C@@H](C)C1. The number of rotatable bonds is 5. The molecule has 6 nitrogen and oxygen atoms in total. The van der Waals surface area contributed by atoms with Crippen LogP contribution in [0, 0.1) is 13.8 Å². The number of hydrogen-bond donors (Lipinski definition) is 1. The predicted octanol–water partition coefficient (Wildman–Crippen LogP) is 1.58. The molecule has 1 aromatic heterocycles. The van der Waals surface area contributed by atoms with Gasteiger partial charge in [-0.25, -0.2) is 0 Å². The Balaban J connectivity index is 1.92. The summed E-state index contributed by atoms with van der Waals surface area (Å²) in [6.07, 6.45) is 0.839. The summed E-state index contributed by atoms with van der Waals surface area (Å²) >= 11 is 0. The summed E-state index contributed by atoms with van der Waals surface area (Å²) in [4.78, 5) is 14.8. The van der Waals surface area contributed by atoms with Crippen molar-refractivity contribution in [3.05, 3.63) is 17.0 Å². The highest BCUT2D eigenvalue weighted by Crippen LogP contribution is 2.21. The Morgan fingerprint density at radius 1 is 1.29 bits per heavy atom. The van der Waals surface area contributed by atoms with Crippen molar-refractivity contribution in [1.29, 1.82) is 0 Å². The van der Waals surface area contributed by atoms with E-state index >= 15 is 0 Å². The number of nitrogens with one attached hydrogen (secondary N) is 1. The molecular weight excluding hydrogens is 304 g/mol. The van der Waals surface area contributed by atoms with E-state index in [2.05, 4.69) is 43.0 Å². The fourth-order valence-electron chi connectivity index (χ4n) is 3.40. The molecule has 1 N–H and O–H groups in total. The van der Waals surface area contributed by atoms with Crippen molar-refractivity contribution in [2.24, 2.45) is 7.05 Å². The Kier molecular flexibility index (Phi) is 5.71. The summed E-state index contributed by atoms with van der Waals surface area (Å²) in [7, 11) is 1.91. The Morgan fingerprint density at radius 2 is 1.88 bits per heavy atom. The first-order valence-electron chi connectivity index (χ1n) is 8.76. The first-order valence-corrected chi connectivity index (χ1v) is 8.76. The summed E-state index contributed by atoms with van der Waals surface area (Å²) in [6, 6.07) is 0. The fourth-order valence-corrected chi connectivity index (χ4v) is 3.40. The van der Waals surface area contributed by atoms with Crippen LogP contribution in [0.1, 0.15) is 44.6 Å². The molecule has 2 rings (SSSR count). The van der Waals surface area contributed by atoms with E-state index in [-0.39, 0.29) is 23.7 Å². The maximum atomic E-state index is 12.4. The molecule has 1 aromatic rings. The molecule has 0 spiro atoms. The molecule has 2 heterocycles. The molecule has 0 radical (unpaired) electrons. The Labute approximate surface area is 145 Å². The van der Waals surface area contributed by atoms with Gasteiger partial charge in [0.15, 0.2) is 0 Å². The molecule has 0 saturated carbocycles. The van der Waals surface area contributed by atoms with Crippen molar-refractivity contribution < 1.29 is 9.53 Å². The van der Waals surface area contributed by atoms with Crippen LogP contribution < -0.4 is 5.32 Å². The van der Waals surface area contributed by atoms with Crippen molar-refractivity contribution in [3.8, 4) is 0 Å². The number of hydrogen-bond acceptors (Lipinski definition) is 4. The number of carbonyl (C=O) groups excluding carboxylic acids is 1.